The summed E-state index contributed by atoms with van der Waals surface area (Å²) in [6, 6.07) is 12.6. The first-order chi connectivity index (χ1) is 9.24. The van der Waals surface area contributed by atoms with Gasteiger partial charge in [0.05, 0.1) is 11.8 Å². The summed E-state index contributed by atoms with van der Waals surface area (Å²) in [5.74, 6) is 1.01. The molecule has 1 aromatic heterocycles. The highest BCUT2D eigenvalue weighted by atomic mass is 32.2. The molecule has 0 bridgehead atoms. The highest BCUT2D eigenvalue weighted by molar-refractivity contribution is 7.97. The minimum Gasteiger partial charge on any atom is -0.377 e. The van der Waals surface area contributed by atoms with E-state index in [9.17, 15) is 0 Å². The number of ether oxygens (including phenoxy) is 1. The third kappa shape index (κ3) is 3.58. The maximum atomic E-state index is 5.31. The Bertz CT molecular complexity index is 507. The Kier molecular flexibility index (Phi) is 5.00. The van der Waals surface area contributed by atoms with E-state index in [4.69, 9.17) is 4.74 Å². The molecule has 1 aromatic carbocycles. The highest BCUT2D eigenvalue weighted by Crippen LogP contribution is 2.22. The number of rotatable bonds is 5. The molecule has 0 aliphatic carbocycles. The number of aromatic nitrogens is 1. The van der Waals surface area contributed by atoms with Crippen molar-refractivity contribution >= 4 is 11.8 Å². The van der Waals surface area contributed by atoms with E-state index in [0.717, 1.165) is 17.0 Å². The molecule has 0 radical (unpaired) electrons. The molecular formula is C16H19NOS. The highest BCUT2D eigenvalue weighted by Gasteiger charge is 2.04. The summed E-state index contributed by atoms with van der Waals surface area (Å²) in [6.07, 6.45) is 4.19. The minimum atomic E-state index is 0.131. The van der Waals surface area contributed by atoms with Crippen molar-refractivity contribution in [2.24, 2.45) is 0 Å². The maximum Gasteiger partial charge on any atom is 0.0793 e. The molecular weight excluding hydrogens is 254 g/mol. The van der Waals surface area contributed by atoms with Crippen LogP contribution in [0, 0.1) is 0 Å². The largest absolute Gasteiger partial charge is 0.377 e. The molecule has 100 valence electrons. The minimum absolute atomic E-state index is 0.131. The summed E-state index contributed by atoms with van der Waals surface area (Å²) < 4.78 is 5.31. The summed E-state index contributed by atoms with van der Waals surface area (Å²) in [5, 5.41) is 0. The second kappa shape index (κ2) is 6.73. The third-order valence-electron chi connectivity index (χ3n) is 3.17. The van der Waals surface area contributed by atoms with Gasteiger partial charge in [0.15, 0.2) is 0 Å². The predicted octanol–water partition coefficient (Wildman–Crippen LogP) is 4.32. The van der Waals surface area contributed by atoms with Crippen LogP contribution >= 0.6 is 11.8 Å². The Morgan fingerprint density at radius 2 is 1.89 bits per heavy atom. The van der Waals surface area contributed by atoms with Gasteiger partial charge < -0.3 is 4.74 Å². The monoisotopic (exact) mass is 273 g/mol. The molecule has 3 heteroatoms. The summed E-state index contributed by atoms with van der Waals surface area (Å²) in [7, 11) is 1.73. The molecule has 2 aromatic rings. The van der Waals surface area contributed by atoms with Gasteiger partial charge in [0.25, 0.3) is 0 Å². The van der Waals surface area contributed by atoms with Gasteiger partial charge in [-0.05, 0) is 30.4 Å². The lowest BCUT2D eigenvalue weighted by Gasteiger charge is -2.10. The van der Waals surface area contributed by atoms with Crippen molar-refractivity contribution in [2.75, 3.05) is 13.4 Å². The van der Waals surface area contributed by atoms with Gasteiger partial charge in [0.2, 0.25) is 0 Å². The van der Waals surface area contributed by atoms with Crippen LogP contribution in [0.25, 0.3) is 11.3 Å². The summed E-state index contributed by atoms with van der Waals surface area (Å²) >= 11 is 1.81. The fourth-order valence-corrected chi connectivity index (χ4v) is 2.41. The van der Waals surface area contributed by atoms with Gasteiger partial charge in [-0.15, -0.1) is 0 Å². The number of methoxy groups -OCH3 is 1. The van der Waals surface area contributed by atoms with Crippen LogP contribution in [0.3, 0.4) is 0 Å². The van der Waals surface area contributed by atoms with E-state index in [-0.39, 0.29) is 6.10 Å². The molecule has 2 nitrogen and oxygen atoms in total. The lowest BCUT2D eigenvalue weighted by molar-refractivity contribution is 0.119. The van der Waals surface area contributed by atoms with E-state index in [1.165, 1.54) is 11.1 Å². The van der Waals surface area contributed by atoms with Crippen LogP contribution in [0.15, 0.2) is 42.6 Å². The molecule has 0 saturated carbocycles. The molecule has 2 rings (SSSR count). The van der Waals surface area contributed by atoms with E-state index in [1.54, 1.807) is 7.11 Å². The zero-order chi connectivity index (χ0) is 13.7. The average Bonchev–Trinajstić information content (AvgIpc) is 2.48. The first-order valence-electron chi connectivity index (χ1n) is 6.31. The quantitative estimate of drug-likeness (QED) is 0.810. The van der Waals surface area contributed by atoms with E-state index in [0.29, 0.717) is 0 Å². The van der Waals surface area contributed by atoms with Crippen LogP contribution in [-0.2, 0) is 10.5 Å². The van der Waals surface area contributed by atoms with Crippen LogP contribution in [0.4, 0.5) is 0 Å². The first kappa shape index (κ1) is 14.1. The Labute approximate surface area is 119 Å². The van der Waals surface area contributed by atoms with E-state index in [2.05, 4.69) is 47.6 Å². The van der Waals surface area contributed by atoms with Gasteiger partial charge in [-0.1, -0.05) is 30.3 Å². The van der Waals surface area contributed by atoms with Crippen molar-refractivity contribution in [3.63, 3.8) is 0 Å². The summed E-state index contributed by atoms with van der Waals surface area (Å²) in [6.45, 7) is 2.05. The third-order valence-corrected chi connectivity index (χ3v) is 3.79. The van der Waals surface area contributed by atoms with Crippen LogP contribution in [0.5, 0.6) is 0 Å². The fraction of sp³-hybridized carbons (Fsp3) is 0.312. The van der Waals surface area contributed by atoms with Crippen LogP contribution in [0.2, 0.25) is 0 Å². The average molecular weight is 273 g/mol. The van der Waals surface area contributed by atoms with Crippen LogP contribution in [0.1, 0.15) is 24.2 Å². The normalized spacial score (nSPS) is 12.4. The van der Waals surface area contributed by atoms with Gasteiger partial charge in [0, 0.05) is 24.6 Å². The topological polar surface area (TPSA) is 22.1 Å². The Balaban J connectivity index is 2.17. The van der Waals surface area contributed by atoms with E-state index < -0.39 is 0 Å². The van der Waals surface area contributed by atoms with Crippen molar-refractivity contribution in [1.29, 1.82) is 0 Å². The molecule has 0 N–H and O–H groups in total. The van der Waals surface area contributed by atoms with E-state index >= 15 is 0 Å². The molecule has 0 aliphatic heterocycles. The van der Waals surface area contributed by atoms with Gasteiger partial charge in [0.1, 0.15) is 0 Å². The number of nitrogens with zero attached hydrogens (tertiary/aromatic N) is 1. The number of pyridine rings is 1. The second-order valence-electron chi connectivity index (χ2n) is 4.48. The zero-order valence-electron chi connectivity index (χ0n) is 11.6. The Hall–Kier alpha value is -1.32. The number of benzene rings is 1. The SMILES string of the molecule is CO[C@@H](C)c1ccc(-c2ccc(CSC)cn2)cc1. The molecule has 0 fully saturated rings. The molecule has 1 heterocycles. The van der Waals surface area contributed by atoms with Crippen molar-refractivity contribution in [2.45, 2.75) is 18.8 Å². The van der Waals surface area contributed by atoms with Gasteiger partial charge >= 0.3 is 0 Å². The molecule has 0 amide bonds. The first-order valence-corrected chi connectivity index (χ1v) is 7.71. The lowest BCUT2D eigenvalue weighted by Crippen LogP contribution is -1.95. The Morgan fingerprint density at radius 3 is 2.42 bits per heavy atom. The van der Waals surface area contributed by atoms with E-state index in [1.807, 2.05) is 24.9 Å². The molecule has 1 atom stereocenters. The van der Waals surface area contributed by atoms with Gasteiger partial charge in [-0.25, -0.2) is 0 Å². The lowest BCUT2D eigenvalue weighted by atomic mass is 10.1. The van der Waals surface area contributed by atoms with Crippen LogP contribution in [-0.4, -0.2) is 18.3 Å². The standard InChI is InChI=1S/C16H19NOS/c1-12(18-2)14-5-7-15(8-6-14)16-9-4-13(10-17-16)11-19-3/h4-10,12H,11H2,1-3H3/t12-/m0/s1. The van der Waals surface area contributed by atoms with Crippen molar-refractivity contribution in [3.8, 4) is 11.3 Å². The van der Waals surface area contributed by atoms with Gasteiger partial charge in [-0.3, -0.25) is 4.98 Å². The van der Waals surface area contributed by atoms with Gasteiger partial charge in [-0.2, -0.15) is 11.8 Å². The van der Waals surface area contributed by atoms with Crippen LogP contribution < -0.4 is 0 Å². The predicted molar refractivity (Wildman–Crippen MR) is 82.3 cm³/mol. The number of hydrogen-bond donors (Lipinski definition) is 0. The smallest absolute Gasteiger partial charge is 0.0793 e. The van der Waals surface area contributed by atoms with Crippen molar-refractivity contribution in [1.82, 2.24) is 4.98 Å². The summed E-state index contributed by atoms with van der Waals surface area (Å²) in [4.78, 5) is 4.52. The summed E-state index contributed by atoms with van der Waals surface area (Å²) in [5.41, 5.74) is 4.61. The zero-order valence-corrected chi connectivity index (χ0v) is 12.4. The Morgan fingerprint density at radius 1 is 1.16 bits per heavy atom. The van der Waals surface area contributed by atoms with Crippen molar-refractivity contribution in [3.05, 3.63) is 53.7 Å². The molecule has 0 saturated heterocycles. The fourth-order valence-electron chi connectivity index (χ4n) is 1.91. The molecule has 0 unspecified atom stereocenters. The number of hydrogen-bond acceptors (Lipinski definition) is 3. The number of thioether (sulfide) groups is 1. The molecule has 19 heavy (non-hydrogen) atoms. The second-order valence-corrected chi connectivity index (χ2v) is 5.35. The maximum absolute atomic E-state index is 5.31. The van der Waals surface area contributed by atoms with Crippen molar-refractivity contribution < 1.29 is 4.74 Å². The molecule has 0 spiro atoms. The molecule has 0 aliphatic rings.